The van der Waals surface area contributed by atoms with Gasteiger partial charge in [0.2, 0.25) is 0 Å². The van der Waals surface area contributed by atoms with E-state index < -0.39 is 0 Å². The smallest absolute Gasteiger partial charge is 0.252 e. The Bertz CT molecular complexity index is 1570. The van der Waals surface area contributed by atoms with Crippen LogP contribution in [0.15, 0.2) is 78.9 Å². The molecule has 2 saturated heterocycles. The van der Waals surface area contributed by atoms with Gasteiger partial charge in [-0.2, -0.15) is 0 Å². The molecule has 6 heteroatoms. The molecule has 7 rings (SSSR count). The maximum Gasteiger partial charge on any atom is 0.252 e. The van der Waals surface area contributed by atoms with E-state index in [1.807, 2.05) is 24.3 Å². The number of nitrogens with zero attached hydrogens (tertiary/aromatic N) is 3. The number of nitrogens with one attached hydrogen (secondary N) is 1. The first kappa shape index (κ1) is 28.2. The molecule has 1 atom stereocenters. The van der Waals surface area contributed by atoms with Crippen LogP contribution < -0.4 is 5.32 Å². The van der Waals surface area contributed by atoms with Crippen LogP contribution in [0.25, 0.3) is 22.2 Å². The molecule has 4 aromatic rings. The Morgan fingerprint density at radius 2 is 1.56 bits per heavy atom. The van der Waals surface area contributed by atoms with Crippen LogP contribution in [0, 0.1) is 0 Å². The van der Waals surface area contributed by atoms with E-state index in [1.54, 1.807) is 0 Å². The van der Waals surface area contributed by atoms with Gasteiger partial charge in [0, 0.05) is 42.2 Å². The van der Waals surface area contributed by atoms with Crippen molar-refractivity contribution in [2.45, 2.75) is 69.7 Å². The summed E-state index contributed by atoms with van der Waals surface area (Å²) < 4.78 is 0. The van der Waals surface area contributed by atoms with Crippen molar-refractivity contribution in [1.82, 2.24) is 20.1 Å². The number of benzene rings is 3. The number of carbonyl (C=O) groups is 1. The maximum atomic E-state index is 14.5. The van der Waals surface area contributed by atoms with Crippen molar-refractivity contribution in [2.24, 2.45) is 0 Å². The number of hydrogen-bond acceptors (Lipinski definition) is 5. The number of piperidine rings is 2. The van der Waals surface area contributed by atoms with Crippen LogP contribution in [0.4, 0.5) is 0 Å². The number of para-hydroxylation sites is 1. The highest BCUT2D eigenvalue weighted by atomic mass is 16.3. The SMILES string of the molecule is O=C(NC1CCCc2ccccc21)c1c(CN2CCC(N3CCC(O)CC3)CC2)c(-c2ccccc2)nc2ccccc12. The third kappa shape index (κ3) is 5.97. The van der Waals surface area contributed by atoms with E-state index in [9.17, 15) is 9.90 Å². The van der Waals surface area contributed by atoms with E-state index in [4.69, 9.17) is 4.98 Å². The number of aryl methyl sites for hydroxylation is 1. The molecule has 3 heterocycles. The zero-order chi connectivity index (χ0) is 29.2. The van der Waals surface area contributed by atoms with Gasteiger partial charge in [0.15, 0.2) is 0 Å². The van der Waals surface area contributed by atoms with Crippen molar-refractivity contribution in [3.05, 3.63) is 101 Å². The summed E-state index contributed by atoms with van der Waals surface area (Å²) in [6.45, 7) is 4.65. The number of likely N-dealkylation sites (tertiary alicyclic amines) is 2. The largest absolute Gasteiger partial charge is 0.393 e. The highest BCUT2D eigenvalue weighted by molar-refractivity contribution is 6.09. The number of fused-ring (bicyclic) bond motifs is 2. The molecule has 0 saturated carbocycles. The van der Waals surface area contributed by atoms with E-state index >= 15 is 0 Å². The molecule has 0 bridgehead atoms. The number of aliphatic hydroxyl groups is 1. The lowest BCUT2D eigenvalue weighted by Gasteiger charge is -2.41. The van der Waals surface area contributed by atoms with Gasteiger partial charge in [-0.1, -0.05) is 72.8 Å². The molecule has 3 aliphatic rings. The summed E-state index contributed by atoms with van der Waals surface area (Å²) in [7, 11) is 0. The first-order valence-corrected chi connectivity index (χ1v) is 16.1. The lowest BCUT2D eigenvalue weighted by Crippen LogP contribution is -2.48. The molecule has 1 aromatic heterocycles. The van der Waals surface area contributed by atoms with E-state index in [-0.39, 0.29) is 18.1 Å². The van der Waals surface area contributed by atoms with Crippen LogP contribution >= 0.6 is 0 Å². The average molecular weight is 575 g/mol. The number of rotatable bonds is 6. The number of aliphatic hydroxyl groups excluding tert-OH is 1. The molecule has 1 amide bonds. The van der Waals surface area contributed by atoms with Crippen molar-refractivity contribution < 1.29 is 9.90 Å². The maximum absolute atomic E-state index is 14.5. The van der Waals surface area contributed by atoms with Crippen LogP contribution in [0.5, 0.6) is 0 Å². The highest BCUT2D eigenvalue weighted by Gasteiger charge is 2.31. The lowest BCUT2D eigenvalue weighted by molar-refractivity contribution is 0.0375. The van der Waals surface area contributed by atoms with E-state index in [1.165, 1.54) is 11.1 Å². The molecular formula is C37H42N4O2. The molecule has 0 spiro atoms. The minimum absolute atomic E-state index is 0.00533. The minimum atomic E-state index is -0.139. The number of pyridine rings is 1. The van der Waals surface area contributed by atoms with Gasteiger partial charge in [-0.25, -0.2) is 4.98 Å². The average Bonchev–Trinajstić information content (AvgIpc) is 3.06. The monoisotopic (exact) mass is 574 g/mol. The van der Waals surface area contributed by atoms with Crippen LogP contribution in [-0.4, -0.2) is 64.1 Å². The number of carbonyl (C=O) groups excluding carboxylic acids is 1. The molecule has 2 N–H and O–H groups in total. The number of aromatic nitrogens is 1. The van der Waals surface area contributed by atoms with Crippen molar-refractivity contribution in [2.75, 3.05) is 26.2 Å². The lowest BCUT2D eigenvalue weighted by atomic mass is 9.87. The zero-order valence-corrected chi connectivity index (χ0v) is 24.9. The molecule has 1 aliphatic carbocycles. The highest BCUT2D eigenvalue weighted by Crippen LogP contribution is 2.35. The van der Waals surface area contributed by atoms with E-state index in [2.05, 4.69) is 69.7 Å². The van der Waals surface area contributed by atoms with E-state index in [0.717, 1.165) is 104 Å². The topological polar surface area (TPSA) is 68.7 Å². The van der Waals surface area contributed by atoms with Crippen LogP contribution in [0.1, 0.15) is 71.6 Å². The summed E-state index contributed by atoms with van der Waals surface area (Å²) in [6.07, 6.45) is 6.94. The minimum Gasteiger partial charge on any atom is -0.393 e. The van der Waals surface area contributed by atoms with Gasteiger partial charge < -0.3 is 15.3 Å². The fourth-order valence-electron chi connectivity index (χ4n) is 7.55. The molecule has 3 aromatic carbocycles. The molecule has 1 unspecified atom stereocenters. The van der Waals surface area contributed by atoms with Gasteiger partial charge >= 0.3 is 0 Å². The fraction of sp³-hybridized carbons (Fsp3) is 0.405. The number of amides is 1. The number of hydrogen-bond donors (Lipinski definition) is 2. The predicted octanol–water partition coefficient (Wildman–Crippen LogP) is 6.13. The van der Waals surface area contributed by atoms with Gasteiger partial charge in [-0.05, 0) is 75.2 Å². The van der Waals surface area contributed by atoms with Crippen molar-refractivity contribution >= 4 is 16.8 Å². The van der Waals surface area contributed by atoms with Crippen molar-refractivity contribution in [3.8, 4) is 11.3 Å². The van der Waals surface area contributed by atoms with Gasteiger partial charge in [-0.15, -0.1) is 0 Å². The molecule has 222 valence electrons. The van der Waals surface area contributed by atoms with Gasteiger partial charge in [0.05, 0.1) is 28.9 Å². The fourth-order valence-corrected chi connectivity index (χ4v) is 7.55. The standard InChI is InChI=1S/C37H42N4O2/c42-29-19-23-41(24-20-29)28-17-21-40(22-18-28)25-32-35(37(43)39-33-16-8-12-26-9-4-5-13-30(26)33)31-14-6-7-15-34(31)38-36(32)27-10-2-1-3-11-27/h1-7,9-11,13-15,28-29,33,42H,8,12,16-25H2,(H,39,43). The van der Waals surface area contributed by atoms with Crippen molar-refractivity contribution in [3.63, 3.8) is 0 Å². The summed E-state index contributed by atoms with van der Waals surface area (Å²) in [6, 6.07) is 27.6. The molecule has 6 nitrogen and oxygen atoms in total. The zero-order valence-electron chi connectivity index (χ0n) is 24.9. The Balaban J connectivity index is 1.23. The van der Waals surface area contributed by atoms with Crippen LogP contribution in [0.3, 0.4) is 0 Å². The summed E-state index contributed by atoms with van der Waals surface area (Å²) >= 11 is 0. The van der Waals surface area contributed by atoms with E-state index in [0.29, 0.717) is 12.6 Å². The quantitative estimate of drug-likeness (QED) is 0.290. The summed E-state index contributed by atoms with van der Waals surface area (Å²) in [5.74, 6) is -0.00533. The first-order valence-electron chi connectivity index (χ1n) is 16.1. The van der Waals surface area contributed by atoms with Gasteiger partial charge in [0.25, 0.3) is 5.91 Å². The first-order chi connectivity index (χ1) is 21.1. The summed E-state index contributed by atoms with van der Waals surface area (Å²) in [4.78, 5) is 24.8. The molecule has 2 fully saturated rings. The van der Waals surface area contributed by atoms with Gasteiger partial charge in [-0.3, -0.25) is 9.69 Å². The van der Waals surface area contributed by atoms with Crippen LogP contribution in [-0.2, 0) is 13.0 Å². The summed E-state index contributed by atoms with van der Waals surface area (Å²) in [5, 5.41) is 14.4. The molecule has 0 radical (unpaired) electrons. The van der Waals surface area contributed by atoms with Gasteiger partial charge in [0.1, 0.15) is 0 Å². The van der Waals surface area contributed by atoms with Crippen LogP contribution in [0.2, 0.25) is 0 Å². The normalized spacial score (nSPS) is 20.6. The predicted molar refractivity (Wildman–Crippen MR) is 172 cm³/mol. The Hall–Kier alpha value is -3.58. The molecule has 43 heavy (non-hydrogen) atoms. The van der Waals surface area contributed by atoms with Crippen molar-refractivity contribution in [1.29, 1.82) is 0 Å². The second-order valence-electron chi connectivity index (χ2n) is 12.6. The second kappa shape index (κ2) is 12.6. The Morgan fingerprint density at radius 1 is 0.837 bits per heavy atom. The summed E-state index contributed by atoms with van der Waals surface area (Å²) in [5.41, 5.74) is 7.17. The molecule has 2 aliphatic heterocycles. The second-order valence-corrected chi connectivity index (χ2v) is 12.6. The Kier molecular flexibility index (Phi) is 8.25. The Labute approximate surface area is 254 Å². The third-order valence-corrected chi connectivity index (χ3v) is 9.90. The Morgan fingerprint density at radius 3 is 2.37 bits per heavy atom. The third-order valence-electron chi connectivity index (χ3n) is 9.90. The molecular weight excluding hydrogens is 532 g/mol.